The van der Waals surface area contributed by atoms with Crippen LogP contribution in [0, 0.1) is 5.92 Å². The van der Waals surface area contributed by atoms with Crippen molar-refractivity contribution < 1.29 is 80.2 Å². The van der Waals surface area contributed by atoms with Crippen molar-refractivity contribution in [2.45, 2.75) is 502 Å². The van der Waals surface area contributed by atoms with Gasteiger partial charge < -0.3 is 33.8 Å². The molecule has 108 heavy (non-hydrogen) atoms. The van der Waals surface area contributed by atoms with Crippen molar-refractivity contribution >= 4 is 39.5 Å². The van der Waals surface area contributed by atoms with Gasteiger partial charge in [-0.2, -0.15) is 0 Å². The van der Waals surface area contributed by atoms with Gasteiger partial charge in [0.2, 0.25) is 0 Å². The van der Waals surface area contributed by atoms with E-state index in [4.69, 9.17) is 37.0 Å². The zero-order valence-electron chi connectivity index (χ0n) is 71.0. The summed E-state index contributed by atoms with van der Waals surface area (Å²) in [6.07, 6.45) is 76.6. The molecule has 0 aromatic carbocycles. The van der Waals surface area contributed by atoms with Gasteiger partial charge in [-0.1, -0.05) is 433 Å². The van der Waals surface area contributed by atoms with E-state index in [2.05, 4.69) is 34.6 Å². The number of unbranched alkanes of at least 4 members (excludes halogenated alkanes) is 61. The highest BCUT2D eigenvalue weighted by molar-refractivity contribution is 7.47. The molecule has 0 saturated heterocycles. The topological polar surface area (TPSA) is 237 Å². The molecule has 0 saturated carbocycles. The Labute approximate surface area is 664 Å². The first-order chi connectivity index (χ1) is 52.5. The molecule has 0 aliphatic rings. The molecule has 17 nitrogen and oxygen atoms in total. The third-order valence-corrected chi connectivity index (χ3v) is 22.9. The first-order valence-electron chi connectivity index (χ1n) is 46.1. The summed E-state index contributed by atoms with van der Waals surface area (Å²) in [7, 11) is -9.93. The lowest BCUT2D eigenvalue weighted by Crippen LogP contribution is -2.30. The van der Waals surface area contributed by atoms with Crippen LogP contribution < -0.4 is 0 Å². The van der Waals surface area contributed by atoms with Gasteiger partial charge in [-0.25, -0.2) is 9.13 Å². The van der Waals surface area contributed by atoms with Crippen LogP contribution in [-0.4, -0.2) is 96.7 Å². The molecule has 0 heterocycles. The first kappa shape index (κ1) is 106. The number of phosphoric ester groups is 2. The molecule has 642 valence electrons. The number of phosphoric acid groups is 2. The van der Waals surface area contributed by atoms with E-state index in [9.17, 15) is 43.2 Å². The number of ether oxygens (including phenoxy) is 4. The predicted molar refractivity (Wildman–Crippen MR) is 446 cm³/mol. The van der Waals surface area contributed by atoms with Gasteiger partial charge in [0.25, 0.3) is 0 Å². The highest BCUT2D eigenvalue weighted by Crippen LogP contribution is 2.45. The third-order valence-electron chi connectivity index (χ3n) is 21.0. The Bertz CT molecular complexity index is 2050. The summed E-state index contributed by atoms with van der Waals surface area (Å²) in [5.74, 6) is -1.28. The molecular weight excluding hydrogens is 1400 g/mol. The van der Waals surface area contributed by atoms with Crippen molar-refractivity contribution in [3.05, 3.63) is 0 Å². The molecule has 0 amide bonds. The molecule has 19 heteroatoms. The van der Waals surface area contributed by atoms with Crippen molar-refractivity contribution in [2.75, 3.05) is 39.6 Å². The lowest BCUT2D eigenvalue weighted by atomic mass is 10.0. The van der Waals surface area contributed by atoms with E-state index in [1.165, 1.54) is 308 Å². The Morgan fingerprint density at radius 2 is 0.426 bits per heavy atom. The molecule has 0 radical (unpaired) electrons. The summed E-state index contributed by atoms with van der Waals surface area (Å²) in [6, 6.07) is 0. The van der Waals surface area contributed by atoms with Crippen molar-refractivity contribution in [2.24, 2.45) is 5.92 Å². The highest BCUT2D eigenvalue weighted by atomic mass is 31.2. The van der Waals surface area contributed by atoms with Crippen molar-refractivity contribution in [3.63, 3.8) is 0 Å². The van der Waals surface area contributed by atoms with E-state index in [1.807, 2.05) is 0 Å². The number of carbonyl (C=O) groups is 4. The Balaban J connectivity index is 5.17. The van der Waals surface area contributed by atoms with Crippen molar-refractivity contribution in [1.29, 1.82) is 0 Å². The number of hydrogen-bond acceptors (Lipinski definition) is 15. The normalized spacial score (nSPS) is 13.7. The standard InChI is InChI=1S/C89H174O17P2/c1-6-9-12-15-18-21-23-25-27-29-31-33-37-41-45-49-53-58-63-68-73-87(92)100-79-85(106-89(94)75-70-65-60-55-51-47-43-39-35-34-36-40-44-48-52-56-61-66-71-82(4)5)81-104-108(97,98)102-77-83(90)76-101-107(95,96)103-80-84(78-99-86(91)72-67-62-57-20-17-14-11-8-3)105-88(93)74-69-64-59-54-50-46-42-38-32-30-28-26-24-22-19-16-13-10-7-2/h82-85,90H,6-81H2,1-5H3,(H,95,96)(H,97,98)/t83-,84+,85+/m0/s1. The molecule has 2 unspecified atom stereocenters. The van der Waals surface area contributed by atoms with E-state index in [-0.39, 0.29) is 25.7 Å². The minimum atomic E-state index is -4.97. The average Bonchev–Trinajstić information content (AvgIpc) is 0.900. The summed E-state index contributed by atoms with van der Waals surface area (Å²) in [6.45, 7) is 7.39. The van der Waals surface area contributed by atoms with Crippen molar-refractivity contribution in [1.82, 2.24) is 0 Å². The lowest BCUT2D eigenvalue weighted by Gasteiger charge is -2.21. The minimum absolute atomic E-state index is 0.109. The molecule has 0 aliphatic heterocycles. The van der Waals surface area contributed by atoms with Crippen LogP contribution in [0.2, 0.25) is 0 Å². The smallest absolute Gasteiger partial charge is 0.462 e. The molecular formula is C89H174O17P2. The highest BCUT2D eigenvalue weighted by Gasteiger charge is 2.30. The molecule has 0 fully saturated rings. The van der Waals surface area contributed by atoms with E-state index in [1.54, 1.807) is 0 Å². The van der Waals surface area contributed by atoms with Crippen LogP contribution in [0.4, 0.5) is 0 Å². The summed E-state index contributed by atoms with van der Waals surface area (Å²) in [4.78, 5) is 73.2. The van der Waals surface area contributed by atoms with Crippen LogP contribution in [-0.2, 0) is 65.4 Å². The largest absolute Gasteiger partial charge is 0.472 e. The molecule has 0 aliphatic carbocycles. The fraction of sp³-hybridized carbons (Fsp3) is 0.955. The molecule has 0 spiro atoms. The van der Waals surface area contributed by atoms with Gasteiger partial charge in [0, 0.05) is 25.7 Å². The molecule has 3 N–H and O–H groups in total. The van der Waals surface area contributed by atoms with Gasteiger partial charge in [0.05, 0.1) is 26.4 Å². The Hall–Kier alpha value is -1.94. The van der Waals surface area contributed by atoms with Gasteiger partial charge in [0.15, 0.2) is 12.2 Å². The van der Waals surface area contributed by atoms with Gasteiger partial charge in [-0.15, -0.1) is 0 Å². The maximum absolute atomic E-state index is 13.2. The van der Waals surface area contributed by atoms with E-state index in [0.717, 1.165) is 95.8 Å². The van der Waals surface area contributed by atoms with Crippen LogP contribution in [0.1, 0.15) is 484 Å². The molecule has 0 rings (SSSR count). The third kappa shape index (κ3) is 82.1. The summed E-state index contributed by atoms with van der Waals surface area (Å²) in [5.41, 5.74) is 0. The fourth-order valence-electron chi connectivity index (χ4n) is 14.0. The number of esters is 4. The Morgan fingerprint density at radius 3 is 0.630 bits per heavy atom. The lowest BCUT2D eigenvalue weighted by molar-refractivity contribution is -0.161. The van der Waals surface area contributed by atoms with Gasteiger partial charge in [0.1, 0.15) is 19.3 Å². The zero-order valence-corrected chi connectivity index (χ0v) is 72.8. The van der Waals surface area contributed by atoms with E-state index >= 15 is 0 Å². The number of rotatable bonds is 89. The molecule has 0 aromatic rings. The SMILES string of the molecule is CCCCCCCCCCCCCCCCCCCCCCC(=O)OC[C@H](COP(=O)(O)OC[C@@H](O)COP(=O)(O)OC[C@@H](COC(=O)CCCCCCCCCC)OC(=O)CCCCCCCCCCCCCCCCCCCCC)OC(=O)CCCCCCCCCCCCCCCCCCCCC(C)C. The van der Waals surface area contributed by atoms with Crippen LogP contribution in [0.15, 0.2) is 0 Å². The zero-order chi connectivity index (χ0) is 79.0. The molecule has 5 atom stereocenters. The maximum atomic E-state index is 13.2. The van der Waals surface area contributed by atoms with E-state index < -0.39 is 97.5 Å². The van der Waals surface area contributed by atoms with Crippen molar-refractivity contribution in [3.8, 4) is 0 Å². The second-order valence-corrected chi connectivity index (χ2v) is 35.4. The maximum Gasteiger partial charge on any atom is 0.472 e. The Morgan fingerprint density at radius 1 is 0.250 bits per heavy atom. The fourth-order valence-corrected chi connectivity index (χ4v) is 15.6. The van der Waals surface area contributed by atoms with Crippen LogP contribution in [0.3, 0.4) is 0 Å². The number of aliphatic hydroxyl groups is 1. The summed E-state index contributed by atoms with van der Waals surface area (Å²) >= 11 is 0. The average molecular weight is 1580 g/mol. The number of hydrogen-bond donors (Lipinski definition) is 3. The first-order valence-corrected chi connectivity index (χ1v) is 49.1. The van der Waals surface area contributed by atoms with Gasteiger partial charge >= 0.3 is 39.5 Å². The van der Waals surface area contributed by atoms with Gasteiger partial charge in [-0.3, -0.25) is 37.3 Å². The number of aliphatic hydroxyl groups excluding tert-OH is 1. The molecule has 0 bridgehead atoms. The predicted octanol–water partition coefficient (Wildman–Crippen LogP) is 27.5. The van der Waals surface area contributed by atoms with Crippen LogP contribution in [0.5, 0.6) is 0 Å². The van der Waals surface area contributed by atoms with Crippen LogP contribution >= 0.6 is 15.6 Å². The molecule has 0 aromatic heterocycles. The summed E-state index contributed by atoms with van der Waals surface area (Å²) in [5, 5.41) is 10.7. The van der Waals surface area contributed by atoms with Gasteiger partial charge in [-0.05, 0) is 31.6 Å². The Kier molecular flexibility index (Phi) is 80.2. The second-order valence-electron chi connectivity index (χ2n) is 32.5. The van der Waals surface area contributed by atoms with E-state index in [0.29, 0.717) is 25.7 Å². The second kappa shape index (κ2) is 81.6. The summed E-state index contributed by atoms with van der Waals surface area (Å²) < 4.78 is 68.9. The number of carbonyl (C=O) groups excluding carboxylic acids is 4. The monoisotopic (exact) mass is 1580 g/mol. The minimum Gasteiger partial charge on any atom is -0.462 e. The quantitative estimate of drug-likeness (QED) is 0.0222. The van der Waals surface area contributed by atoms with Crippen LogP contribution in [0.25, 0.3) is 0 Å².